The maximum Gasteiger partial charge on any atom is 0.408 e. The fourth-order valence-electron chi connectivity index (χ4n) is 2.95. The summed E-state index contributed by atoms with van der Waals surface area (Å²) in [4.78, 5) is 24.4. The van der Waals surface area contributed by atoms with Crippen LogP contribution in [0.15, 0.2) is 54.6 Å². The number of aliphatic hydroxyl groups excluding tert-OH is 1. The predicted molar refractivity (Wildman–Crippen MR) is 133 cm³/mol. The second-order valence-corrected chi connectivity index (χ2v) is 9.03. The van der Waals surface area contributed by atoms with E-state index in [9.17, 15) is 14.7 Å². The fraction of sp³-hybridized carbons (Fsp3) is 0.400. The summed E-state index contributed by atoms with van der Waals surface area (Å²) >= 11 is 5.44. The number of methoxy groups -OCH3 is 1. The molecule has 0 saturated carbocycles. The van der Waals surface area contributed by atoms with Gasteiger partial charge in [0.1, 0.15) is 24.0 Å². The molecule has 184 valence electrons. The van der Waals surface area contributed by atoms with Crippen molar-refractivity contribution in [1.82, 2.24) is 10.6 Å². The molecule has 0 aliphatic carbocycles. The van der Waals surface area contributed by atoms with Crippen LogP contribution in [0.3, 0.4) is 0 Å². The van der Waals surface area contributed by atoms with Crippen LogP contribution >= 0.6 is 12.2 Å². The standard InChI is InChI=1S/C25H32N2O6S/c1-25(2,3)33-24(30)27-20(22(34)26-21(15-28)23(29)31-4)14-17-10-12-19(13-11-17)32-16-18-8-6-5-7-9-18/h5-13,20-21,28H,14-16H2,1-4H3,(H,26,34)(H,27,30)/t20-,21-/m0/s1. The van der Waals surface area contributed by atoms with E-state index in [4.69, 9.17) is 21.7 Å². The Morgan fingerprint density at radius 3 is 2.18 bits per heavy atom. The van der Waals surface area contributed by atoms with Gasteiger partial charge in [-0.1, -0.05) is 54.7 Å². The van der Waals surface area contributed by atoms with E-state index in [0.717, 1.165) is 11.1 Å². The SMILES string of the molecule is COC(=O)[C@H](CO)NC(=S)[C@H](Cc1ccc(OCc2ccccc2)cc1)NC(=O)OC(C)(C)C. The van der Waals surface area contributed by atoms with Gasteiger partial charge in [-0.15, -0.1) is 0 Å². The van der Waals surface area contributed by atoms with E-state index in [-0.39, 0.29) is 4.99 Å². The zero-order valence-corrected chi connectivity index (χ0v) is 20.7. The molecule has 3 N–H and O–H groups in total. The van der Waals surface area contributed by atoms with Crippen LogP contribution in [0.1, 0.15) is 31.9 Å². The molecule has 9 heteroatoms. The molecule has 1 amide bonds. The molecule has 0 bridgehead atoms. The molecular formula is C25H32N2O6S. The van der Waals surface area contributed by atoms with Crippen molar-refractivity contribution in [3.05, 3.63) is 65.7 Å². The minimum absolute atomic E-state index is 0.166. The summed E-state index contributed by atoms with van der Waals surface area (Å²) in [5, 5.41) is 15.0. The number of carbonyl (C=O) groups excluding carboxylic acids is 2. The molecule has 0 heterocycles. The van der Waals surface area contributed by atoms with Crippen LogP contribution in [0.4, 0.5) is 4.79 Å². The highest BCUT2D eigenvalue weighted by molar-refractivity contribution is 7.80. The molecule has 0 unspecified atom stereocenters. The Kier molecular flexibility index (Phi) is 10.3. The lowest BCUT2D eigenvalue weighted by Gasteiger charge is -2.26. The van der Waals surface area contributed by atoms with Crippen molar-refractivity contribution in [2.45, 2.75) is 51.5 Å². The van der Waals surface area contributed by atoms with Crippen molar-refractivity contribution in [2.75, 3.05) is 13.7 Å². The van der Waals surface area contributed by atoms with Crippen molar-refractivity contribution in [3.8, 4) is 5.75 Å². The van der Waals surface area contributed by atoms with Gasteiger partial charge in [-0.05, 0) is 50.5 Å². The first-order valence-electron chi connectivity index (χ1n) is 10.9. The number of esters is 1. The van der Waals surface area contributed by atoms with Crippen molar-refractivity contribution < 1.29 is 28.9 Å². The van der Waals surface area contributed by atoms with Gasteiger partial charge in [0.15, 0.2) is 0 Å². The van der Waals surface area contributed by atoms with E-state index in [1.807, 2.05) is 54.6 Å². The zero-order valence-electron chi connectivity index (χ0n) is 19.9. The molecule has 0 fully saturated rings. The van der Waals surface area contributed by atoms with Gasteiger partial charge in [0.05, 0.1) is 24.7 Å². The summed E-state index contributed by atoms with van der Waals surface area (Å²) in [6, 6.07) is 15.5. The molecule has 2 atom stereocenters. The minimum Gasteiger partial charge on any atom is -0.489 e. The van der Waals surface area contributed by atoms with Gasteiger partial charge in [-0.25, -0.2) is 9.59 Å². The molecule has 2 aromatic rings. The van der Waals surface area contributed by atoms with Crippen LogP contribution in [0.5, 0.6) is 5.75 Å². The molecule has 0 aliphatic heterocycles. The van der Waals surface area contributed by atoms with Gasteiger partial charge >= 0.3 is 12.1 Å². The van der Waals surface area contributed by atoms with E-state index >= 15 is 0 Å². The monoisotopic (exact) mass is 488 g/mol. The Labute approximate surface area is 205 Å². The number of benzene rings is 2. The normalized spacial score (nSPS) is 12.7. The Balaban J connectivity index is 2.09. The van der Waals surface area contributed by atoms with Crippen LogP contribution in [0, 0.1) is 0 Å². The second-order valence-electron chi connectivity index (χ2n) is 8.59. The third-order valence-corrected chi connectivity index (χ3v) is 5.01. The van der Waals surface area contributed by atoms with Crippen molar-refractivity contribution in [3.63, 3.8) is 0 Å². The number of aliphatic hydroxyl groups is 1. The smallest absolute Gasteiger partial charge is 0.408 e. The predicted octanol–water partition coefficient (Wildman–Crippen LogP) is 3.15. The number of alkyl carbamates (subject to hydrolysis) is 1. The second kappa shape index (κ2) is 12.9. The number of amides is 1. The molecule has 34 heavy (non-hydrogen) atoms. The van der Waals surface area contributed by atoms with E-state index in [1.54, 1.807) is 20.8 Å². The lowest BCUT2D eigenvalue weighted by Crippen LogP contribution is -2.53. The molecule has 8 nitrogen and oxygen atoms in total. The first-order chi connectivity index (χ1) is 16.1. The quantitative estimate of drug-likeness (QED) is 0.346. The first kappa shape index (κ1) is 27.1. The summed E-state index contributed by atoms with van der Waals surface area (Å²) in [5.41, 5.74) is 1.24. The van der Waals surface area contributed by atoms with Crippen LogP contribution in [0.2, 0.25) is 0 Å². The van der Waals surface area contributed by atoms with E-state index in [1.165, 1.54) is 7.11 Å². The Morgan fingerprint density at radius 2 is 1.62 bits per heavy atom. The molecule has 0 aliphatic rings. The van der Waals surface area contributed by atoms with Crippen molar-refractivity contribution in [1.29, 1.82) is 0 Å². The molecule has 2 rings (SSSR count). The van der Waals surface area contributed by atoms with Gasteiger partial charge in [0.2, 0.25) is 0 Å². The summed E-state index contributed by atoms with van der Waals surface area (Å²) in [7, 11) is 1.22. The molecule has 0 aromatic heterocycles. The Hall–Kier alpha value is -3.17. The summed E-state index contributed by atoms with van der Waals surface area (Å²) in [6.07, 6.45) is -0.327. The van der Waals surface area contributed by atoms with Crippen LogP contribution in [0.25, 0.3) is 0 Å². The zero-order chi connectivity index (χ0) is 25.1. The topological polar surface area (TPSA) is 106 Å². The number of rotatable bonds is 10. The van der Waals surface area contributed by atoms with Crippen LogP contribution < -0.4 is 15.4 Å². The largest absolute Gasteiger partial charge is 0.489 e. The Bertz CT molecular complexity index is 944. The highest BCUT2D eigenvalue weighted by Crippen LogP contribution is 2.16. The fourth-order valence-corrected chi connectivity index (χ4v) is 3.24. The average Bonchev–Trinajstić information content (AvgIpc) is 2.80. The Morgan fingerprint density at radius 1 is 0.971 bits per heavy atom. The third-order valence-electron chi connectivity index (χ3n) is 4.60. The number of carbonyl (C=O) groups is 2. The van der Waals surface area contributed by atoms with Gasteiger partial charge in [-0.3, -0.25) is 0 Å². The molecule has 0 spiro atoms. The maximum atomic E-state index is 12.4. The van der Waals surface area contributed by atoms with Crippen molar-refractivity contribution >= 4 is 29.3 Å². The molecule has 2 aromatic carbocycles. The van der Waals surface area contributed by atoms with Crippen LogP contribution in [-0.2, 0) is 27.3 Å². The lowest BCUT2D eigenvalue weighted by atomic mass is 10.1. The summed E-state index contributed by atoms with van der Waals surface area (Å²) in [6.45, 7) is 5.20. The van der Waals surface area contributed by atoms with Gasteiger partial charge < -0.3 is 30.0 Å². The average molecular weight is 489 g/mol. The van der Waals surface area contributed by atoms with Crippen molar-refractivity contribution in [2.24, 2.45) is 0 Å². The van der Waals surface area contributed by atoms with Gasteiger partial charge in [0, 0.05) is 0 Å². The van der Waals surface area contributed by atoms with E-state index in [2.05, 4.69) is 15.4 Å². The first-order valence-corrected chi connectivity index (χ1v) is 11.3. The van der Waals surface area contributed by atoms with E-state index < -0.39 is 36.4 Å². The number of ether oxygens (including phenoxy) is 3. The third kappa shape index (κ3) is 9.36. The molecular weight excluding hydrogens is 456 g/mol. The molecule has 0 radical (unpaired) electrons. The number of thiocarbonyl (C=S) groups is 1. The molecule has 0 saturated heterocycles. The van der Waals surface area contributed by atoms with Gasteiger partial charge in [-0.2, -0.15) is 0 Å². The van der Waals surface area contributed by atoms with Crippen LogP contribution in [-0.4, -0.2) is 53.6 Å². The number of nitrogens with one attached hydrogen (secondary N) is 2. The van der Waals surface area contributed by atoms with E-state index in [0.29, 0.717) is 18.8 Å². The number of hydrogen-bond acceptors (Lipinski definition) is 7. The minimum atomic E-state index is -1.05. The highest BCUT2D eigenvalue weighted by atomic mass is 32.1. The van der Waals surface area contributed by atoms with Gasteiger partial charge in [0.25, 0.3) is 0 Å². The summed E-state index contributed by atoms with van der Waals surface area (Å²) in [5.74, 6) is 0.0387. The maximum absolute atomic E-state index is 12.4. The number of hydrogen-bond donors (Lipinski definition) is 3. The lowest BCUT2D eigenvalue weighted by molar-refractivity contribution is -0.143. The highest BCUT2D eigenvalue weighted by Gasteiger charge is 2.26. The summed E-state index contributed by atoms with van der Waals surface area (Å²) < 4.78 is 15.8.